The van der Waals surface area contributed by atoms with Gasteiger partial charge in [-0.25, -0.2) is 13.4 Å². The average Bonchev–Trinajstić information content (AvgIpc) is 3.53. The molecule has 0 saturated heterocycles. The molecule has 2 unspecified atom stereocenters. The maximum absolute atomic E-state index is 13.1. The minimum absolute atomic E-state index is 0.423. The minimum atomic E-state index is -3.57. The Morgan fingerprint density at radius 2 is 1.81 bits per heavy atom. The number of aryl methyl sites for hydroxylation is 1. The molecule has 0 bridgehead atoms. The third-order valence-corrected chi connectivity index (χ3v) is 8.39. The molecular weight excluding hydrogens is 472 g/mol. The summed E-state index contributed by atoms with van der Waals surface area (Å²) in [4.78, 5) is 13.6. The number of anilines is 1. The number of fused-ring (bicyclic) bond motifs is 2. The Morgan fingerprint density at radius 3 is 2.56 bits per heavy atom. The van der Waals surface area contributed by atoms with E-state index in [1.165, 1.54) is 6.26 Å². The first-order valence-corrected chi connectivity index (χ1v) is 13.4. The standard InChI is InChI=1S/C27H24N6O2S/c1-32-13-8-18-6-7-19(15-22(18)32)20-16-21(28)24(26-25(20)30-10-11-31-26)27(33-14-12-29-17-33)9-4-3-5-23(27)36(2,34)35/h3-17,23H,28H2,1-2H3. The van der Waals surface area contributed by atoms with E-state index < -0.39 is 20.6 Å². The van der Waals surface area contributed by atoms with Gasteiger partial charge in [0.25, 0.3) is 0 Å². The van der Waals surface area contributed by atoms with Crippen molar-refractivity contribution in [3.63, 3.8) is 0 Å². The van der Waals surface area contributed by atoms with Crippen molar-refractivity contribution in [2.75, 3.05) is 12.0 Å². The third-order valence-electron chi connectivity index (χ3n) is 6.95. The first kappa shape index (κ1) is 22.2. The third kappa shape index (κ3) is 3.20. The zero-order valence-electron chi connectivity index (χ0n) is 19.8. The van der Waals surface area contributed by atoms with Gasteiger partial charge < -0.3 is 14.9 Å². The normalized spacial score (nSPS) is 19.9. The fraction of sp³-hybridized carbons (Fsp3) is 0.148. The van der Waals surface area contributed by atoms with Gasteiger partial charge in [-0.2, -0.15) is 0 Å². The van der Waals surface area contributed by atoms with Crippen molar-refractivity contribution in [1.29, 1.82) is 0 Å². The summed E-state index contributed by atoms with van der Waals surface area (Å²) >= 11 is 0. The summed E-state index contributed by atoms with van der Waals surface area (Å²) in [6.07, 6.45) is 18.6. The van der Waals surface area contributed by atoms with E-state index in [1.54, 1.807) is 47.8 Å². The number of hydrogen-bond acceptors (Lipinski definition) is 6. The van der Waals surface area contributed by atoms with Crippen LogP contribution in [-0.2, 0) is 22.4 Å². The van der Waals surface area contributed by atoms with Crippen LogP contribution in [0.4, 0.5) is 5.69 Å². The Balaban J connectivity index is 1.70. The molecule has 1 aliphatic rings. The second kappa shape index (κ2) is 7.89. The second-order valence-corrected chi connectivity index (χ2v) is 11.3. The zero-order valence-corrected chi connectivity index (χ0v) is 20.6. The number of rotatable bonds is 4. The van der Waals surface area contributed by atoms with Crippen molar-refractivity contribution in [3.8, 4) is 11.1 Å². The summed E-state index contributed by atoms with van der Waals surface area (Å²) in [7, 11) is -1.57. The van der Waals surface area contributed by atoms with Gasteiger partial charge in [-0.1, -0.05) is 36.4 Å². The molecule has 6 rings (SSSR count). The summed E-state index contributed by atoms with van der Waals surface area (Å²) in [5.74, 6) is 0. The molecule has 0 radical (unpaired) electrons. The highest BCUT2D eigenvalue weighted by molar-refractivity contribution is 7.91. The van der Waals surface area contributed by atoms with E-state index in [9.17, 15) is 8.42 Å². The van der Waals surface area contributed by atoms with E-state index in [4.69, 9.17) is 15.7 Å². The van der Waals surface area contributed by atoms with Gasteiger partial charge in [0.2, 0.25) is 0 Å². The number of imidazole rings is 1. The van der Waals surface area contributed by atoms with Crippen LogP contribution in [0.2, 0.25) is 0 Å². The van der Waals surface area contributed by atoms with Gasteiger partial charge in [-0.15, -0.1) is 0 Å². The quantitative estimate of drug-likeness (QED) is 0.379. The molecule has 8 nitrogen and oxygen atoms in total. The van der Waals surface area contributed by atoms with Gasteiger partial charge in [-0.3, -0.25) is 9.97 Å². The van der Waals surface area contributed by atoms with Gasteiger partial charge >= 0.3 is 0 Å². The van der Waals surface area contributed by atoms with Crippen molar-refractivity contribution in [2.24, 2.45) is 7.05 Å². The van der Waals surface area contributed by atoms with E-state index in [1.807, 2.05) is 37.5 Å². The van der Waals surface area contributed by atoms with E-state index in [2.05, 4.69) is 27.8 Å². The Morgan fingerprint density at radius 1 is 1.00 bits per heavy atom. The molecule has 36 heavy (non-hydrogen) atoms. The first-order valence-electron chi connectivity index (χ1n) is 11.4. The average molecular weight is 497 g/mol. The minimum Gasteiger partial charge on any atom is -0.398 e. The molecule has 0 aliphatic heterocycles. The van der Waals surface area contributed by atoms with Crippen LogP contribution < -0.4 is 5.73 Å². The van der Waals surface area contributed by atoms with Crippen LogP contribution in [0.3, 0.4) is 0 Å². The number of benzene rings is 2. The molecule has 3 aromatic heterocycles. The smallest absolute Gasteiger partial charge is 0.156 e. The molecule has 0 amide bonds. The van der Waals surface area contributed by atoms with Crippen molar-refractivity contribution >= 4 is 37.5 Å². The number of nitrogen functional groups attached to an aromatic ring is 1. The van der Waals surface area contributed by atoms with Gasteiger partial charge in [0.15, 0.2) is 9.84 Å². The summed E-state index contributed by atoms with van der Waals surface area (Å²) < 4.78 is 30.1. The molecule has 2 N–H and O–H groups in total. The lowest BCUT2D eigenvalue weighted by molar-refractivity contribution is 0.445. The van der Waals surface area contributed by atoms with Crippen LogP contribution in [0.15, 0.2) is 91.9 Å². The Labute approximate surface area is 208 Å². The summed E-state index contributed by atoms with van der Waals surface area (Å²) in [5, 5.41) is 0.206. The van der Waals surface area contributed by atoms with Gasteiger partial charge in [0, 0.05) is 66.6 Å². The highest BCUT2D eigenvalue weighted by Crippen LogP contribution is 2.45. The summed E-state index contributed by atoms with van der Waals surface area (Å²) in [6, 6.07) is 10.2. The number of allylic oxidation sites excluding steroid dienone is 3. The first-order chi connectivity index (χ1) is 17.3. The van der Waals surface area contributed by atoms with E-state index >= 15 is 0 Å². The van der Waals surface area contributed by atoms with Gasteiger partial charge in [0.1, 0.15) is 10.8 Å². The van der Waals surface area contributed by atoms with Gasteiger partial charge in [0.05, 0.1) is 17.4 Å². The SMILES string of the molecule is Cn1ccc2ccc(-c3cc(N)c(C4(n5ccnc5)C=CC=CC4S(C)(=O)=O)c4nccnc34)cc21. The van der Waals surface area contributed by atoms with E-state index in [0.29, 0.717) is 22.3 Å². The molecule has 5 aromatic rings. The number of sulfone groups is 1. The fourth-order valence-corrected chi connectivity index (χ4v) is 6.71. The fourth-order valence-electron chi connectivity index (χ4n) is 5.37. The lowest BCUT2D eigenvalue weighted by Crippen LogP contribution is -2.48. The number of nitrogens with two attached hydrogens (primary N) is 1. The van der Waals surface area contributed by atoms with Crippen LogP contribution in [0.5, 0.6) is 0 Å². The molecule has 3 heterocycles. The Kier molecular flexibility index (Phi) is 4.87. The van der Waals surface area contributed by atoms with E-state index in [-0.39, 0.29) is 0 Å². The predicted molar refractivity (Wildman–Crippen MR) is 142 cm³/mol. The lowest BCUT2D eigenvalue weighted by atomic mass is 9.80. The molecule has 2 atom stereocenters. The summed E-state index contributed by atoms with van der Waals surface area (Å²) in [5.41, 5.74) is 10.7. The topological polar surface area (TPSA) is 109 Å². The number of hydrogen-bond donors (Lipinski definition) is 1. The summed E-state index contributed by atoms with van der Waals surface area (Å²) in [6.45, 7) is 0. The molecule has 0 spiro atoms. The molecular formula is C27H24N6O2S. The molecule has 1 aliphatic carbocycles. The number of nitrogens with zero attached hydrogens (tertiary/aromatic N) is 5. The maximum Gasteiger partial charge on any atom is 0.156 e. The highest BCUT2D eigenvalue weighted by atomic mass is 32.2. The second-order valence-electron chi connectivity index (χ2n) is 9.13. The van der Waals surface area contributed by atoms with Crippen LogP contribution in [0.1, 0.15) is 5.56 Å². The van der Waals surface area contributed by atoms with Crippen molar-refractivity contribution in [2.45, 2.75) is 10.8 Å². The Hall–Kier alpha value is -4.24. The van der Waals surface area contributed by atoms with Crippen LogP contribution in [-0.4, -0.2) is 44.0 Å². The molecule has 0 fully saturated rings. The van der Waals surface area contributed by atoms with Crippen molar-refractivity contribution < 1.29 is 8.42 Å². The Bertz CT molecular complexity index is 1800. The lowest BCUT2D eigenvalue weighted by Gasteiger charge is -2.40. The van der Waals surface area contributed by atoms with Crippen LogP contribution in [0, 0.1) is 0 Å². The zero-order chi connectivity index (χ0) is 25.1. The molecule has 2 aromatic carbocycles. The van der Waals surface area contributed by atoms with Crippen LogP contribution >= 0.6 is 0 Å². The van der Waals surface area contributed by atoms with Crippen molar-refractivity contribution in [1.82, 2.24) is 24.1 Å². The predicted octanol–water partition coefficient (Wildman–Crippen LogP) is 3.85. The van der Waals surface area contributed by atoms with E-state index in [0.717, 1.165) is 22.0 Å². The van der Waals surface area contributed by atoms with Crippen LogP contribution in [0.25, 0.3) is 33.1 Å². The monoisotopic (exact) mass is 496 g/mol. The largest absolute Gasteiger partial charge is 0.398 e. The maximum atomic E-state index is 13.1. The number of aromatic nitrogens is 5. The van der Waals surface area contributed by atoms with Crippen molar-refractivity contribution in [3.05, 3.63) is 97.5 Å². The molecule has 180 valence electrons. The molecule has 9 heteroatoms. The van der Waals surface area contributed by atoms with Gasteiger partial charge in [-0.05, 0) is 29.1 Å². The molecule has 0 saturated carbocycles. The highest BCUT2D eigenvalue weighted by Gasteiger charge is 2.48.